The minimum atomic E-state index is 0.394. The number of rotatable bonds is 3. The first-order valence-corrected chi connectivity index (χ1v) is 7.05. The molecule has 4 heteroatoms. The normalized spacial score (nSPS) is 10.4. The van der Waals surface area contributed by atoms with Gasteiger partial charge in [-0.1, -0.05) is 54.6 Å². The van der Waals surface area contributed by atoms with Crippen molar-refractivity contribution in [3.8, 4) is 17.3 Å². The molecule has 3 rings (SSSR count). The van der Waals surface area contributed by atoms with Crippen LogP contribution in [0.4, 0.5) is 5.82 Å². The molecule has 108 valence electrons. The monoisotopic (exact) mass is 288 g/mol. The summed E-state index contributed by atoms with van der Waals surface area (Å²) in [6.45, 7) is 0. The standard InChI is InChI=1S/C18H16N4/c1-22-18(20)16(12-19)17(21-22)15-9-7-14(8-10-15)11-13-5-3-2-4-6-13/h2-10H,11,20H2,1H3. The third-order valence-electron chi connectivity index (χ3n) is 3.68. The number of hydrogen-bond acceptors (Lipinski definition) is 3. The van der Waals surface area contributed by atoms with E-state index in [1.807, 2.05) is 30.3 Å². The van der Waals surface area contributed by atoms with Gasteiger partial charge in [0, 0.05) is 12.6 Å². The van der Waals surface area contributed by atoms with Gasteiger partial charge in [0.1, 0.15) is 23.1 Å². The summed E-state index contributed by atoms with van der Waals surface area (Å²) in [6, 6.07) is 20.6. The van der Waals surface area contributed by atoms with Crippen molar-refractivity contribution in [3.05, 3.63) is 71.3 Å². The number of nitrogen functional groups attached to an aromatic ring is 1. The van der Waals surface area contributed by atoms with Gasteiger partial charge in [-0.05, 0) is 17.5 Å². The summed E-state index contributed by atoms with van der Waals surface area (Å²) in [5.74, 6) is 0.394. The molecule has 2 aromatic carbocycles. The highest BCUT2D eigenvalue weighted by Gasteiger charge is 2.14. The SMILES string of the molecule is Cn1nc(-c2ccc(Cc3ccccc3)cc2)c(C#N)c1N. The van der Waals surface area contributed by atoms with Crippen molar-refractivity contribution in [2.75, 3.05) is 5.73 Å². The first kappa shape index (κ1) is 13.9. The number of nitrogens with zero attached hydrogens (tertiary/aromatic N) is 3. The Morgan fingerprint density at radius 2 is 1.68 bits per heavy atom. The molecule has 0 aliphatic rings. The molecule has 0 aliphatic heterocycles. The molecular formula is C18H16N4. The molecule has 0 fully saturated rings. The molecule has 0 radical (unpaired) electrons. The maximum Gasteiger partial charge on any atom is 0.140 e. The van der Waals surface area contributed by atoms with Crippen molar-refractivity contribution >= 4 is 5.82 Å². The Morgan fingerprint density at radius 3 is 2.32 bits per heavy atom. The Morgan fingerprint density at radius 1 is 1.05 bits per heavy atom. The fourth-order valence-corrected chi connectivity index (χ4v) is 2.46. The van der Waals surface area contributed by atoms with Gasteiger partial charge in [0.2, 0.25) is 0 Å². The summed E-state index contributed by atoms with van der Waals surface area (Å²) in [4.78, 5) is 0. The zero-order chi connectivity index (χ0) is 15.5. The second-order valence-electron chi connectivity index (χ2n) is 5.20. The molecule has 22 heavy (non-hydrogen) atoms. The number of nitriles is 1. The quantitative estimate of drug-likeness (QED) is 0.805. The van der Waals surface area contributed by atoms with Crippen molar-refractivity contribution in [3.63, 3.8) is 0 Å². The van der Waals surface area contributed by atoms with Crippen LogP contribution in [0.1, 0.15) is 16.7 Å². The Kier molecular flexibility index (Phi) is 3.63. The minimum absolute atomic E-state index is 0.394. The van der Waals surface area contributed by atoms with Crippen LogP contribution in [0.5, 0.6) is 0 Å². The van der Waals surface area contributed by atoms with Crippen LogP contribution in [-0.4, -0.2) is 9.78 Å². The third-order valence-corrected chi connectivity index (χ3v) is 3.68. The molecule has 2 N–H and O–H groups in total. The number of nitrogens with two attached hydrogens (primary N) is 1. The van der Waals surface area contributed by atoms with Crippen LogP contribution in [0.25, 0.3) is 11.3 Å². The predicted octanol–water partition coefficient (Wildman–Crippen LogP) is 3.13. The lowest BCUT2D eigenvalue weighted by molar-refractivity contribution is 0.782. The Balaban J connectivity index is 1.89. The van der Waals surface area contributed by atoms with E-state index < -0.39 is 0 Å². The summed E-state index contributed by atoms with van der Waals surface area (Å²) in [5, 5.41) is 13.6. The van der Waals surface area contributed by atoms with Gasteiger partial charge in [0.15, 0.2) is 0 Å². The van der Waals surface area contributed by atoms with Crippen LogP contribution in [0.2, 0.25) is 0 Å². The summed E-state index contributed by atoms with van der Waals surface area (Å²) >= 11 is 0. The first-order valence-electron chi connectivity index (χ1n) is 7.05. The van der Waals surface area contributed by atoms with Crippen LogP contribution < -0.4 is 5.73 Å². The minimum Gasteiger partial charge on any atom is -0.383 e. The molecule has 0 atom stereocenters. The van der Waals surface area contributed by atoms with Gasteiger partial charge in [-0.3, -0.25) is 4.68 Å². The molecule has 3 aromatic rings. The van der Waals surface area contributed by atoms with Gasteiger partial charge in [0.25, 0.3) is 0 Å². The predicted molar refractivity (Wildman–Crippen MR) is 87.0 cm³/mol. The summed E-state index contributed by atoms with van der Waals surface area (Å²) in [7, 11) is 1.74. The van der Waals surface area contributed by atoms with Crippen molar-refractivity contribution in [1.82, 2.24) is 9.78 Å². The lowest BCUT2D eigenvalue weighted by Crippen LogP contribution is -1.97. The molecule has 0 saturated heterocycles. The molecule has 0 amide bonds. The third kappa shape index (κ3) is 2.57. The lowest BCUT2D eigenvalue weighted by atomic mass is 10.0. The van der Waals surface area contributed by atoms with Crippen LogP contribution in [0.15, 0.2) is 54.6 Å². The molecule has 0 aliphatic carbocycles. The molecular weight excluding hydrogens is 272 g/mol. The van der Waals surface area contributed by atoms with E-state index in [2.05, 4.69) is 35.4 Å². The number of aromatic nitrogens is 2. The largest absolute Gasteiger partial charge is 0.383 e. The van der Waals surface area contributed by atoms with E-state index in [-0.39, 0.29) is 0 Å². The summed E-state index contributed by atoms with van der Waals surface area (Å²) in [5.41, 5.74) is 10.3. The van der Waals surface area contributed by atoms with Gasteiger partial charge >= 0.3 is 0 Å². The van der Waals surface area contributed by atoms with E-state index in [1.165, 1.54) is 15.8 Å². The van der Waals surface area contributed by atoms with Crippen molar-refractivity contribution in [1.29, 1.82) is 5.26 Å². The number of anilines is 1. The van der Waals surface area contributed by atoms with E-state index in [0.29, 0.717) is 17.1 Å². The fraction of sp³-hybridized carbons (Fsp3) is 0.111. The average molecular weight is 288 g/mol. The van der Waals surface area contributed by atoms with Gasteiger partial charge in [0.05, 0.1) is 0 Å². The topological polar surface area (TPSA) is 67.6 Å². The first-order chi connectivity index (χ1) is 10.7. The zero-order valence-corrected chi connectivity index (χ0v) is 12.3. The summed E-state index contributed by atoms with van der Waals surface area (Å²) in [6.07, 6.45) is 0.886. The lowest BCUT2D eigenvalue weighted by Gasteiger charge is -2.03. The van der Waals surface area contributed by atoms with Gasteiger partial charge in [-0.15, -0.1) is 0 Å². The number of aryl methyl sites for hydroxylation is 1. The number of hydrogen-bond donors (Lipinski definition) is 1. The van der Waals surface area contributed by atoms with E-state index in [1.54, 1.807) is 7.05 Å². The van der Waals surface area contributed by atoms with Crippen LogP contribution in [-0.2, 0) is 13.5 Å². The molecule has 0 spiro atoms. The highest BCUT2D eigenvalue weighted by atomic mass is 15.3. The van der Waals surface area contributed by atoms with E-state index in [9.17, 15) is 5.26 Å². The van der Waals surface area contributed by atoms with Gasteiger partial charge in [-0.2, -0.15) is 10.4 Å². The van der Waals surface area contributed by atoms with E-state index >= 15 is 0 Å². The van der Waals surface area contributed by atoms with Crippen LogP contribution in [0.3, 0.4) is 0 Å². The average Bonchev–Trinajstić information content (AvgIpc) is 2.84. The molecule has 4 nitrogen and oxygen atoms in total. The van der Waals surface area contributed by atoms with E-state index in [0.717, 1.165) is 12.0 Å². The van der Waals surface area contributed by atoms with Gasteiger partial charge < -0.3 is 5.73 Å². The Labute approximate surface area is 129 Å². The molecule has 0 unspecified atom stereocenters. The smallest absolute Gasteiger partial charge is 0.140 e. The zero-order valence-electron chi connectivity index (χ0n) is 12.3. The summed E-state index contributed by atoms with van der Waals surface area (Å²) < 4.78 is 1.53. The number of benzene rings is 2. The molecule has 1 heterocycles. The van der Waals surface area contributed by atoms with Crippen molar-refractivity contribution < 1.29 is 0 Å². The van der Waals surface area contributed by atoms with E-state index in [4.69, 9.17) is 5.73 Å². The highest BCUT2D eigenvalue weighted by Crippen LogP contribution is 2.26. The Bertz CT molecular complexity index is 824. The fourth-order valence-electron chi connectivity index (χ4n) is 2.46. The highest BCUT2D eigenvalue weighted by molar-refractivity contribution is 5.72. The molecule has 0 saturated carbocycles. The maximum absolute atomic E-state index is 9.24. The molecule has 0 bridgehead atoms. The molecule has 1 aromatic heterocycles. The van der Waals surface area contributed by atoms with Crippen molar-refractivity contribution in [2.24, 2.45) is 7.05 Å². The van der Waals surface area contributed by atoms with Gasteiger partial charge in [-0.25, -0.2) is 0 Å². The van der Waals surface area contributed by atoms with Crippen molar-refractivity contribution in [2.45, 2.75) is 6.42 Å². The second-order valence-corrected chi connectivity index (χ2v) is 5.20. The second kappa shape index (κ2) is 5.74. The van der Waals surface area contributed by atoms with Crippen LogP contribution >= 0.6 is 0 Å². The Hall–Kier alpha value is -3.06. The maximum atomic E-state index is 9.24. The van der Waals surface area contributed by atoms with Crippen LogP contribution in [0, 0.1) is 11.3 Å².